The zero-order chi connectivity index (χ0) is 21.5. The van der Waals surface area contributed by atoms with Crippen LogP contribution in [-0.2, 0) is 4.79 Å². The highest BCUT2D eigenvalue weighted by molar-refractivity contribution is 7.99. The molecule has 0 saturated heterocycles. The molecule has 0 N–H and O–H groups in total. The number of anilines is 1. The van der Waals surface area contributed by atoms with Gasteiger partial charge in [0, 0.05) is 12.2 Å². The van der Waals surface area contributed by atoms with E-state index in [2.05, 4.69) is 21.6 Å². The molecule has 0 spiro atoms. The Bertz CT molecular complexity index is 1080. The van der Waals surface area contributed by atoms with Gasteiger partial charge in [-0.05, 0) is 59.7 Å². The van der Waals surface area contributed by atoms with E-state index in [9.17, 15) is 4.79 Å². The van der Waals surface area contributed by atoms with E-state index in [1.807, 2.05) is 56.3 Å². The van der Waals surface area contributed by atoms with Crippen LogP contribution in [0.25, 0.3) is 5.69 Å². The van der Waals surface area contributed by atoms with Crippen LogP contribution in [0.2, 0.25) is 0 Å². The smallest absolute Gasteiger partial charge is 0.237 e. The van der Waals surface area contributed by atoms with E-state index in [4.69, 9.17) is 10.00 Å². The second kappa shape index (κ2) is 9.89. The number of nitriles is 1. The van der Waals surface area contributed by atoms with Crippen LogP contribution in [0, 0.1) is 25.2 Å². The summed E-state index contributed by atoms with van der Waals surface area (Å²) in [6.45, 7) is 4.35. The number of nitrogens with zero attached hydrogens (tertiary/aromatic N) is 6. The van der Waals surface area contributed by atoms with Crippen molar-refractivity contribution in [2.24, 2.45) is 0 Å². The highest BCUT2D eigenvalue weighted by atomic mass is 32.2. The third-order valence-corrected chi connectivity index (χ3v) is 5.53. The Morgan fingerprint density at radius 1 is 1.23 bits per heavy atom. The lowest BCUT2D eigenvalue weighted by atomic mass is 10.1. The third kappa shape index (κ3) is 4.78. The summed E-state index contributed by atoms with van der Waals surface area (Å²) in [4.78, 5) is 14.6. The molecule has 3 rings (SSSR count). The molecule has 3 aromatic rings. The number of thioether (sulfide) groups is 1. The van der Waals surface area contributed by atoms with Gasteiger partial charge in [0.25, 0.3) is 0 Å². The molecule has 1 amide bonds. The Morgan fingerprint density at radius 3 is 2.77 bits per heavy atom. The predicted molar refractivity (Wildman–Crippen MR) is 115 cm³/mol. The Hall–Kier alpha value is -3.38. The van der Waals surface area contributed by atoms with Crippen molar-refractivity contribution in [1.82, 2.24) is 20.2 Å². The van der Waals surface area contributed by atoms with Gasteiger partial charge in [-0.3, -0.25) is 4.79 Å². The van der Waals surface area contributed by atoms with Crippen molar-refractivity contribution < 1.29 is 9.53 Å². The van der Waals surface area contributed by atoms with Gasteiger partial charge in [0.15, 0.2) is 0 Å². The van der Waals surface area contributed by atoms with Crippen molar-refractivity contribution in [2.75, 3.05) is 24.3 Å². The fourth-order valence-electron chi connectivity index (χ4n) is 2.88. The Labute approximate surface area is 179 Å². The monoisotopic (exact) mass is 422 g/mol. The maximum absolute atomic E-state index is 13.0. The molecule has 0 unspecified atom stereocenters. The van der Waals surface area contributed by atoms with Gasteiger partial charge in [-0.2, -0.15) is 9.94 Å². The number of aryl methyl sites for hydroxylation is 2. The molecule has 0 atom stereocenters. The standard InChI is InChI=1S/C21H22N6O2S/c1-15-9-10-17(13-16(15)2)26(12-6-11-22)20(28)14-30-21-23-24-25-27(21)18-7-4-5-8-19(18)29-3/h4-5,7-10,13H,6,12,14H2,1-3H3. The fraction of sp³-hybridized carbons (Fsp3) is 0.286. The summed E-state index contributed by atoms with van der Waals surface area (Å²) >= 11 is 1.24. The van der Waals surface area contributed by atoms with Crippen LogP contribution in [0.15, 0.2) is 47.6 Å². The number of para-hydroxylation sites is 2. The van der Waals surface area contributed by atoms with Crippen LogP contribution in [0.4, 0.5) is 5.69 Å². The maximum atomic E-state index is 13.0. The average Bonchev–Trinajstić information content (AvgIpc) is 3.23. The van der Waals surface area contributed by atoms with E-state index in [1.54, 1.807) is 16.7 Å². The van der Waals surface area contributed by atoms with Gasteiger partial charge in [-0.15, -0.1) is 5.10 Å². The van der Waals surface area contributed by atoms with Gasteiger partial charge in [0.05, 0.1) is 25.4 Å². The van der Waals surface area contributed by atoms with Crippen molar-refractivity contribution in [3.63, 3.8) is 0 Å². The molecule has 0 aliphatic rings. The quantitative estimate of drug-likeness (QED) is 0.514. The maximum Gasteiger partial charge on any atom is 0.237 e. The Balaban J connectivity index is 1.79. The summed E-state index contributed by atoms with van der Waals surface area (Å²) in [6.07, 6.45) is 0.252. The molecule has 0 fully saturated rings. The molecule has 2 aromatic carbocycles. The van der Waals surface area contributed by atoms with Gasteiger partial charge in [-0.1, -0.05) is 30.0 Å². The van der Waals surface area contributed by atoms with Gasteiger partial charge < -0.3 is 9.64 Å². The number of tetrazole rings is 1. The van der Waals surface area contributed by atoms with Crippen LogP contribution in [0.5, 0.6) is 5.75 Å². The molecule has 0 aliphatic carbocycles. The first kappa shape index (κ1) is 21.3. The van der Waals surface area contributed by atoms with Gasteiger partial charge in [0.2, 0.25) is 11.1 Å². The molecule has 0 saturated carbocycles. The van der Waals surface area contributed by atoms with Crippen LogP contribution in [0.1, 0.15) is 17.5 Å². The summed E-state index contributed by atoms with van der Waals surface area (Å²) in [6, 6.07) is 15.3. The minimum atomic E-state index is -0.118. The molecule has 8 nitrogen and oxygen atoms in total. The normalized spacial score (nSPS) is 10.5. The number of amides is 1. The van der Waals surface area contributed by atoms with Gasteiger partial charge in [0.1, 0.15) is 11.4 Å². The number of rotatable bonds is 8. The molecule has 0 aliphatic heterocycles. The molecule has 0 bridgehead atoms. The van der Waals surface area contributed by atoms with E-state index in [-0.39, 0.29) is 18.1 Å². The van der Waals surface area contributed by atoms with Crippen LogP contribution in [-0.4, -0.2) is 45.5 Å². The topological polar surface area (TPSA) is 96.9 Å². The van der Waals surface area contributed by atoms with Crippen LogP contribution in [0.3, 0.4) is 0 Å². The predicted octanol–water partition coefficient (Wildman–Crippen LogP) is 3.33. The highest BCUT2D eigenvalue weighted by Gasteiger charge is 2.19. The second-order valence-electron chi connectivity index (χ2n) is 6.56. The minimum Gasteiger partial charge on any atom is -0.494 e. The summed E-state index contributed by atoms with van der Waals surface area (Å²) in [5, 5.41) is 21.3. The minimum absolute atomic E-state index is 0.118. The third-order valence-electron chi connectivity index (χ3n) is 4.63. The second-order valence-corrected chi connectivity index (χ2v) is 7.50. The Morgan fingerprint density at radius 2 is 2.03 bits per heavy atom. The molecule has 0 radical (unpaired) electrons. The lowest BCUT2D eigenvalue weighted by Crippen LogP contribution is -2.33. The first-order chi connectivity index (χ1) is 14.5. The number of methoxy groups -OCH3 is 1. The SMILES string of the molecule is COc1ccccc1-n1nnnc1SCC(=O)N(CCC#N)c1ccc(C)c(C)c1. The van der Waals surface area contributed by atoms with Crippen molar-refractivity contribution in [3.05, 3.63) is 53.6 Å². The summed E-state index contributed by atoms with van der Waals surface area (Å²) in [7, 11) is 1.58. The van der Waals surface area contributed by atoms with Gasteiger partial charge in [-0.25, -0.2) is 0 Å². The van der Waals surface area contributed by atoms with Crippen molar-refractivity contribution in [1.29, 1.82) is 5.26 Å². The number of ether oxygens (including phenoxy) is 1. The largest absolute Gasteiger partial charge is 0.494 e. The number of carbonyl (C=O) groups is 1. The average molecular weight is 423 g/mol. The number of benzene rings is 2. The van der Waals surface area contributed by atoms with Crippen molar-refractivity contribution >= 4 is 23.4 Å². The number of aromatic nitrogens is 4. The summed E-state index contributed by atoms with van der Waals surface area (Å²) < 4.78 is 6.93. The zero-order valence-electron chi connectivity index (χ0n) is 17.1. The van der Waals surface area contributed by atoms with Crippen molar-refractivity contribution in [3.8, 4) is 17.5 Å². The molecular weight excluding hydrogens is 400 g/mol. The fourth-order valence-corrected chi connectivity index (χ4v) is 3.64. The number of hydrogen-bond donors (Lipinski definition) is 0. The van der Waals surface area contributed by atoms with E-state index in [1.165, 1.54) is 11.8 Å². The number of carbonyl (C=O) groups excluding carboxylic acids is 1. The lowest BCUT2D eigenvalue weighted by Gasteiger charge is -2.22. The van der Waals surface area contributed by atoms with E-state index in [0.29, 0.717) is 23.1 Å². The first-order valence-electron chi connectivity index (χ1n) is 9.34. The summed E-state index contributed by atoms with van der Waals surface area (Å²) in [5.74, 6) is 0.644. The molecule has 30 heavy (non-hydrogen) atoms. The molecule has 1 heterocycles. The molecular formula is C21H22N6O2S. The lowest BCUT2D eigenvalue weighted by molar-refractivity contribution is -0.116. The van der Waals surface area contributed by atoms with Gasteiger partial charge >= 0.3 is 0 Å². The molecule has 1 aromatic heterocycles. The molecule has 9 heteroatoms. The Kier molecular flexibility index (Phi) is 7.03. The van der Waals surface area contributed by atoms with Crippen LogP contribution < -0.4 is 9.64 Å². The summed E-state index contributed by atoms with van der Waals surface area (Å²) in [5.41, 5.74) is 3.71. The van der Waals surface area contributed by atoms with E-state index >= 15 is 0 Å². The van der Waals surface area contributed by atoms with Crippen molar-refractivity contribution in [2.45, 2.75) is 25.4 Å². The molecule has 154 valence electrons. The van der Waals surface area contributed by atoms with E-state index in [0.717, 1.165) is 16.8 Å². The number of hydrogen-bond acceptors (Lipinski definition) is 7. The highest BCUT2D eigenvalue weighted by Crippen LogP contribution is 2.26. The first-order valence-corrected chi connectivity index (χ1v) is 10.3. The zero-order valence-corrected chi connectivity index (χ0v) is 17.9. The van der Waals surface area contributed by atoms with Crippen LogP contribution >= 0.6 is 11.8 Å². The van der Waals surface area contributed by atoms with E-state index < -0.39 is 0 Å².